The Hall–Kier alpha value is -0.810. The normalized spacial score (nSPS) is 30.9. The number of nitrogens with zero attached hydrogens (tertiary/aromatic N) is 1. The van der Waals surface area contributed by atoms with Crippen LogP contribution in [0.25, 0.3) is 0 Å². The number of carbonyl (C=O) groups is 1. The van der Waals surface area contributed by atoms with E-state index < -0.39 is 0 Å². The van der Waals surface area contributed by atoms with Crippen LogP contribution in [-0.2, 0) is 0 Å². The Kier molecular flexibility index (Phi) is 6.77. The Labute approximate surface area is 128 Å². The summed E-state index contributed by atoms with van der Waals surface area (Å²) in [5, 5.41) is 15.4. The zero-order valence-electron chi connectivity index (χ0n) is 13.3. The van der Waals surface area contributed by atoms with Gasteiger partial charge in [0, 0.05) is 38.2 Å². The fourth-order valence-corrected chi connectivity index (χ4v) is 3.65. The Morgan fingerprint density at radius 2 is 2.05 bits per heavy atom. The number of piperidine rings is 1. The Balaban J connectivity index is 1.62. The van der Waals surface area contributed by atoms with Gasteiger partial charge in [-0.2, -0.15) is 0 Å². The van der Waals surface area contributed by atoms with Crippen LogP contribution in [0.5, 0.6) is 0 Å². The summed E-state index contributed by atoms with van der Waals surface area (Å²) in [7, 11) is 0. The fourth-order valence-electron chi connectivity index (χ4n) is 3.65. The molecule has 5 heteroatoms. The summed E-state index contributed by atoms with van der Waals surface area (Å²) < 4.78 is 0. The number of amides is 2. The van der Waals surface area contributed by atoms with Crippen LogP contribution < -0.4 is 10.6 Å². The van der Waals surface area contributed by atoms with Gasteiger partial charge in [0.05, 0.1) is 0 Å². The van der Waals surface area contributed by atoms with E-state index in [0.717, 1.165) is 51.2 Å². The molecule has 1 heterocycles. The van der Waals surface area contributed by atoms with E-state index in [9.17, 15) is 9.90 Å². The van der Waals surface area contributed by atoms with Crippen molar-refractivity contribution in [1.82, 2.24) is 15.5 Å². The predicted octanol–water partition coefficient (Wildman–Crippen LogP) is 1.57. The van der Waals surface area contributed by atoms with Gasteiger partial charge in [0.1, 0.15) is 0 Å². The van der Waals surface area contributed by atoms with E-state index in [4.69, 9.17) is 0 Å². The highest BCUT2D eigenvalue weighted by Gasteiger charge is 2.25. The van der Waals surface area contributed by atoms with Crippen molar-refractivity contribution in [2.75, 3.05) is 32.8 Å². The molecule has 3 unspecified atom stereocenters. The summed E-state index contributed by atoms with van der Waals surface area (Å²) in [5.41, 5.74) is 0. The Morgan fingerprint density at radius 1 is 1.24 bits per heavy atom. The number of rotatable bonds is 5. The maximum absolute atomic E-state index is 12.0. The van der Waals surface area contributed by atoms with E-state index in [1.165, 1.54) is 12.8 Å². The second-order valence-electron chi connectivity index (χ2n) is 6.78. The second kappa shape index (κ2) is 8.59. The number of aliphatic hydroxyl groups excluding tert-OH is 1. The fraction of sp³-hybridized carbons (Fsp3) is 0.938. The number of likely N-dealkylation sites (tertiary alicyclic amines) is 1. The predicted molar refractivity (Wildman–Crippen MR) is 84.2 cm³/mol. The summed E-state index contributed by atoms with van der Waals surface area (Å²) in [5.74, 6) is 1.01. The third-order valence-corrected chi connectivity index (χ3v) is 4.91. The van der Waals surface area contributed by atoms with Crippen LogP contribution in [0.1, 0.15) is 45.4 Å². The standard InChI is InChI=1S/C16H31N3O2/c1-13-5-4-9-19(11-13)10-8-17-16(21)18-15-7-3-2-6-14(15)12-20/h13-15,20H,2-12H2,1H3,(H2,17,18,21). The van der Waals surface area contributed by atoms with Crippen molar-refractivity contribution < 1.29 is 9.90 Å². The van der Waals surface area contributed by atoms with Crippen LogP contribution in [0.3, 0.4) is 0 Å². The molecule has 1 saturated heterocycles. The van der Waals surface area contributed by atoms with Gasteiger partial charge in [0.25, 0.3) is 0 Å². The first-order valence-electron chi connectivity index (χ1n) is 8.56. The van der Waals surface area contributed by atoms with Gasteiger partial charge in [-0.3, -0.25) is 0 Å². The molecular formula is C16H31N3O2. The van der Waals surface area contributed by atoms with Crippen molar-refractivity contribution in [1.29, 1.82) is 0 Å². The number of hydrogen-bond acceptors (Lipinski definition) is 3. The average molecular weight is 297 g/mol. The Bertz CT molecular complexity index is 325. The number of carbonyl (C=O) groups excluding carboxylic acids is 1. The molecule has 2 amide bonds. The average Bonchev–Trinajstić information content (AvgIpc) is 2.48. The summed E-state index contributed by atoms with van der Waals surface area (Å²) in [6, 6.07) is 0.0594. The number of aliphatic hydroxyl groups is 1. The van der Waals surface area contributed by atoms with Gasteiger partial charge in [-0.1, -0.05) is 19.8 Å². The van der Waals surface area contributed by atoms with Gasteiger partial charge >= 0.3 is 6.03 Å². The lowest BCUT2D eigenvalue weighted by Gasteiger charge is -2.32. The molecule has 122 valence electrons. The maximum atomic E-state index is 12.0. The molecule has 2 aliphatic rings. The van der Waals surface area contributed by atoms with Crippen LogP contribution in [0.4, 0.5) is 4.79 Å². The smallest absolute Gasteiger partial charge is 0.315 e. The quantitative estimate of drug-likeness (QED) is 0.722. The van der Waals surface area contributed by atoms with Gasteiger partial charge < -0.3 is 20.6 Å². The van der Waals surface area contributed by atoms with Crippen LogP contribution >= 0.6 is 0 Å². The summed E-state index contributed by atoms with van der Waals surface area (Å²) in [6.45, 7) is 6.42. The monoisotopic (exact) mass is 297 g/mol. The van der Waals surface area contributed by atoms with Gasteiger partial charge in [0.2, 0.25) is 0 Å². The van der Waals surface area contributed by atoms with Crippen molar-refractivity contribution in [3.8, 4) is 0 Å². The van der Waals surface area contributed by atoms with Gasteiger partial charge in [-0.05, 0) is 38.1 Å². The first kappa shape index (κ1) is 16.6. The van der Waals surface area contributed by atoms with Crippen molar-refractivity contribution in [3.05, 3.63) is 0 Å². The molecule has 1 saturated carbocycles. The van der Waals surface area contributed by atoms with Crippen LogP contribution in [0.15, 0.2) is 0 Å². The summed E-state index contributed by atoms with van der Waals surface area (Å²) in [4.78, 5) is 14.4. The molecule has 0 aromatic heterocycles. The van der Waals surface area contributed by atoms with Gasteiger partial charge in [-0.15, -0.1) is 0 Å². The first-order valence-corrected chi connectivity index (χ1v) is 8.56. The zero-order chi connectivity index (χ0) is 15.1. The molecule has 0 aromatic rings. The lowest BCUT2D eigenvalue weighted by Crippen LogP contribution is -2.49. The minimum absolute atomic E-state index is 0.0783. The SMILES string of the molecule is CC1CCCN(CCNC(=O)NC2CCCCC2CO)C1. The van der Waals surface area contributed by atoms with Crippen LogP contribution in [0.2, 0.25) is 0 Å². The highest BCUT2D eigenvalue weighted by atomic mass is 16.3. The molecule has 3 N–H and O–H groups in total. The maximum Gasteiger partial charge on any atom is 0.315 e. The van der Waals surface area contributed by atoms with E-state index in [-0.39, 0.29) is 24.6 Å². The van der Waals surface area contributed by atoms with Crippen molar-refractivity contribution in [2.24, 2.45) is 11.8 Å². The largest absolute Gasteiger partial charge is 0.396 e. The van der Waals surface area contributed by atoms with Crippen molar-refractivity contribution in [3.63, 3.8) is 0 Å². The molecule has 0 radical (unpaired) electrons. The van der Waals surface area contributed by atoms with Crippen molar-refractivity contribution in [2.45, 2.75) is 51.5 Å². The highest BCUT2D eigenvalue weighted by Crippen LogP contribution is 2.23. The third kappa shape index (κ3) is 5.47. The first-order chi connectivity index (χ1) is 10.2. The molecule has 5 nitrogen and oxygen atoms in total. The Morgan fingerprint density at radius 3 is 2.81 bits per heavy atom. The van der Waals surface area contributed by atoms with Crippen molar-refractivity contribution >= 4 is 6.03 Å². The molecule has 0 spiro atoms. The summed E-state index contributed by atoms with van der Waals surface area (Å²) in [6.07, 6.45) is 6.92. The molecule has 1 aliphatic carbocycles. The van der Waals surface area contributed by atoms with E-state index in [1.807, 2.05) is 0 Å². The molecule has 1 aliphatic heterocycles. The van der Waals surface area contributed by atoms with E-state index in [2.05, 4.69) is 22.5 Å². The molecular weight excluding hydrogens is 266 g/mol. The number of hydrogen-bond donors (Lipinski definition) is 3. The lowest BCUT2D eigenvalue weighted by molar-refractivity contribution is 0.152. The van der Waals surface area contributed by atoms with E-state index in [1.54, 1.807) is 0 Å². The molecule has 0 bridgehead atoms. The number of nitrogens with one attached hydrogen (secondary N) is 2. The molecule has 0 aromatic carbocycles. The molecule has 2 rings (SSSR count). The van der Waals surface area contributed by atoms with Gasteiger partial charge in [-0.25, -0.2) is 4.79 Å². The molecule has 3 atom stereocenters. The second-order valence-corrected chi connectivity index (χ2v) is 6.78. The van der Waals surface area contributed by atoms with Crippen LogP contribution in [-0.4, -0.2) is 54.9 Å². The van der Waals surface area contributed by atoms with Gasteiger partial charge in [0.15, 0.2) is 0 Å². The molecule has 21 heavy (non-hydrogen) atoms. The van der Waals surface area contributed by atoms with Crippen LogP contribution in [0, 0.1) is 11.8 Å². The van der Waals surface area contributed by atoms with E-state index >= 15 is 0 Å². The minimum Gasteiger partial charge on any atom is -0.396 e. The highest BCUT2D eigenvalue weighted by molar-refractivity contribution is 5.74. The number of urea groups is 1. The third-order valence-electron chi connectivity index (χ3n) is 4.91. The lowest BCUT2D eigenvalue weighted by atomic mass is 9.85. The zero-order valence-corrected chi connectivity index (χ0v) is 13.3. The minimum atomic E-state index is -0.0783. The van der Waals surface area contributed by atoms with E-state index in [0.29, 0.717) is 6.54 Å². The molecule has 2 fully saturated rings. The topological polar surface area (TPSA) is 64.6 Å². The summed E-state index contributed by atoms with van der Waals surface area (Å²) >= 11 is 0.